The van der Waals surface area contributed by atoms with E-state index in [1.807, 2.05) is 0 Å². The van der Waals surface area contributed by atoms with Gasteiger partial charge in [-0.2, -0.15) is 4.31 Å². The van der Waals surface area contributed by atoms with Gasteiger partial charge < -0.3 is 5.32 Å². The van der Waals surface area contributed by atoms with Crippen molar-refractivity contribution >= 4 is 39.1 Å². The van der Waals surface area contributed by atoms with Crippen molar-refractivity contribution in [1.29, 1.82) is 0 Å². The molecule has 1 aliphatic carbocycles. The number of nitrogens with one attached hydrogen (secondary N) is 1. The highest BCUT2D eigenvalue weighted by atomic mass is 35.5. The van der Waals surface area contributed by atoms with Crippen LogP contribution in [-0.4, -0.2) is 46.7 Å². The molecule has 178 valence electrons. The number of rotatable bonds is 7. The largest absolute Gasteiger partial charge is 0.306 e. The minimum Gasteiger partial charge on any atom is -0.306 e. The molecule has 3 unspecified atom stereocenters. The number of aromatic nitrogens is 1. The maximum Gasteiger partial charge on any atom is 0.269 e. The lowest BCUT2D eigenvalue weighted by atomic mass is 9.73. The van der Waals surface area contributed by atoms with Gasteiger partial charge in [0.25, 0.3) is 11.2 Å². The van der Waals surface area contributed by atoms with E-state index in [1.165, 1.54) is 24.4 Å². The van der Waals surface area contributed by atoms with E-state index in [1.54, 1.807) is 18.2 Å². The van der Waals surface area contributed by atoms with Crippen LogP contribution in [0.4, 0.5) is 8.78 Å². The topological polar surface area (TPSA) is 79.4 Å². The summed E-state index contributed by atoms with van der Waals surface area (Å²) in [5, 5.41) is -0.854. The summed E-state index contributed by atoms with van der Waals surface area (Å²) in [4.78, 5) is 16.7. The van der Waals surface area contributed by atoms with E-state index in [0.29, 0.717) is 0 Å². The van der Waals surface area contributed by atoms with Crippen molar-refractivity contribution < 1.29 is 22.0 Å². The quantitative estimate of drug-likeness (QED) is 0.441. The number of carbonyl (C=O) groups is 1. The summed E-state index contributed by atoms with van der Waals surface area (Å²) >= 11 is 12.8. The van der Waals surface area contributed by atoms with Gasteiger partial charge in [0.15, 0.2) is 0 Å². The van der Waals surface area contributed by atoms with Gasteiger partial charge in [0.1, 0.15) is 5.82 Å². The smallest absolute Gasteiger partial charge is 0.269 e. The fourth-order valence-corrected chi connectivity index (χ4v) is 7.22. The van der Waals surface area contributed by atoms with E-state index in [2.05, 4.69) is 10.3 Å². The third-order valence-corrected chi connectivity index (χ3v) is 9.21. The number of benzene rings is 1. The number of amides is 1. The maximum absolute atomic E-state index is 16.3. The predicted octanol–water partition coefficient (Wildman–Crippen LogP) is 4.15. The molecule has 2 aromatic rings. The first-order valence-corrected chi connectivity index (χ1v) is 13.0. The fourth-order valence-electron chi connectivity index (χ4n) is 4.23. The number of pyridine rings is 1. The monoisotopic (exact) mass is 517 g/mol. The summed E-state index contributed by atoms with van der Waals surface area (Å²) in [6.07, 6.45) is 2.34. The van der Waals surface area contributed by atoms with E-state index in [0.717, 1.165) is 23.2 Å². The van der Waals surface area contributed by atoms with E-state index in [-0.39, 0.29) is 42.3 Å². The Bertz CT molecular complexity index is 1130. The van der Waals surface area contributed by atoms with Crippen molar-refractivity contribution in [3.8, 4) is 0 Å². The van der Waals surface area contributed by atoms with Crippen molar-refractivity contribution in [1.82, 2.24) is 14.6 Å². The highest BCUT2D eigenvalue weighted by molar-refractivity contribution is 7.89. The summed E-state index contributed by atoms with van der Waals surface area (Å²) in [5.41, 5.74) is -3.28. The number of hydrogen-bond donors (Lipinski definition) is 1. The Morgan fingerprint density at radius 2 is 1.94 bits per heavy atom. The van der Waals surface area contributed by atoms with E-state index < -0.39 is 37.9 Å². The Morgan fingerprint density at radius 1 is 1.24 bits per heavy atom. The highest BCUT2D eigenvalue weighted by Crippen LogP contribution is 2.50. The van der Waals surface area contributed by atoms with Gasteiger partial charge in [0.2, 0.25) is 10.0 Å². The lowest BCUT2D eigenvalue weighted by Crippen LogP contribution is -2.62. The Balaban J connectivity index is 1.68. The molecule has 33 heavy (non-hydrogen) atoms. The van der Waals surface area contributed by atoms with Crippen LogP contribution >= 0.6 is 23.2 Å². The molecule has 1 N–H and O–H groups in total. The standard InChI is InChI=1S/C22H23Cl2F2N3O3S/c23-18-13-21(19-17(25)7-4-11-27-19,10-12-29(18)33(31,32)14-15-8-9-15)22(24,26)28-20(30)16-5-2-1-3-6-16/h1-7,11,15,18H,8-10,12-14H2,(H,28,30). The van der Waals surface area contributed by atoms with Gasteiger partial charge in [-0.3, -0.25) is 9.78 Å². The molecule has 0 bridgehead atoms. The molecule has 1 saturated heterocycles. The third kappa shape index (κ3) is 4.87. The zero-order chi connectivity index (χ0) is 23.9. The van der Waals surface area contributed by atoms with Crippen LogP contribution in [-0.2, 0) is 15.4 Å². The SMILES string of the molecule is O=C(NC(F)(Cl)C1(c2ncccc2F)CCN(S(=O)(=O)CC2CC2)C(Cl)C1)c1ccccc1. The van der Waals surface area contributed by atoms with Crippen molar-refractivity contribution in [2.24, 2.45) is 5.92 Å². The van der Waals surface area contributed by atoms with Gasteiger partial charge in [0, 0.05) is 18.3 Å². The van der Waals surface area contributed by atoms with Crippen molar-refractivity contribution in [3.05, 3.63) is 65.7 Å². The first-order valence-electron chi connectivity index (χ1n) is 10.6. The second-order valence-electron chi connectivity index (χ2n) is 8.53. The summed E-state index contributed by atoms with van der Waals surface area (Å²) in [7, 11) is -3.69. The van der Waals surface area contributed by atoms with Crippen LogP contribution in [0.5, 0.6) is 0 Å². The van der Waals surface area contributed by atoms with Gasteiger partial charge in [-0.05, 0) is 55.9 Å². The molecule has 6 nitrogen and oxygen atoms in total. The zero-order valence-corrected chi connectivity index (χ0v) is 19.9. The third-order valence-electron chi connectivity index (χ3n) is 6.21. The molecule has 1 amide bonds. The molecule has 1 aliphatic heterocycles. The van der Waals surface area contributed by atoms with Crippen molar-refractivity contribution in [2.45, 2.75) is 41.9 Å². The Hall–Kier alpha value is -1.81. The molecule has 0 spiro atoms. The number of carbonyl (C=O) groups excluding carboxylic acids is 1. The number of sulfonamides is 1. The van der Waals surface area contributed by atoms with Crippen LogP contribution in [0.1, 0.15) is 41.7 Å². The zero-order valence-electron chi connectivity index (χ0n) is 17.6. The molecule has 0 radical (unpaired) electrons. The van der Waals surface area contributed by atoms with Crippen LogP contribution in [0.2, 0.25) is 0 Å². The van der Waals surface area contributed by atoms with E-state index >= 15 is 4.39 Å². The van der Waals surface area contributed by atoms with E-state index in [9.17, 15) is 17.6 Å². The average molecular weight is 518 g/mol. The fraction of sp³-hybridized carbons (Fsp3) is 0.455. The summed E-state index contributed by atoms with van der Waals surface area (Å²) in [6.45, 7) is -0.196. The van der Waals surface area contributed by atoms with Crippen LogP contribution in [0.3, 0.4) is 0 Å². The molecule has 11 heteroatoms. The minimum atomic E-state index is -3.69. The Kier molecular flexibility index (Phi) is 6.70. The van der Waals surface area contributed by atoms with Gasteiger partial charge in [-0.25, -0.2) is 17.2 Å². The summed E-state index contributed by atoms with van der Waals surface area (Å²) < 4.78 is 57.9. The maximum atomic E-state index is 16.3. The second-order valence-corrected chi connectivity index (χ2v) is 11.5. The molecular weight excluding hydrogens is 495 g/mol. The van der Waals surface area contributed by atoms with Crippen LogP contribution in [0.25, 0.3) is 0 Å². The van der Waals surface area contributed by atoms with Crippen LogP contribution in [0.15, 0.2) is 48.7 Å². The second kappa shape index (κ2) is 9.09. The van der Waals surface area contributed by atoms with Crippen molar-refractivity contribution in [3.63, 3.8) is 0 Å². The van der Waals surface area contributed by atoms with Gasteiger partial charge in [-0.1, -0.05) is 29.8 Å². The number of alkyl halides is 3. The minimum absolute atomic E-state index is 0.0342. The number of halogens is 4. The first kappa shape index (κ1) is 24.3. The summed E-state index contributed by atoms with van der Waals surface area (Å²) in [6, 6.07) is 10.3. The van der Waals surface area contributed by atoms with Crippen LogP contribution < -0.4 is 5.32 Å². The Labute approximate surface area is 201 Å². The normalized spacial score (nSPS) is 25.9. The molecule has 4 rings (SSSR count). The Morgan fingerprint density at radius 3 is 2.55 bits per heavy atom. The first-order chi connectivity index (χ1) is 15.6. The number of piperidine rings is 1. The molecule has 1 aromatic carbocycles. The van der Waals surface area contributed by atoms with Gasteiger partial charge >= 0.3 is 0 Å². The highest BCUT2D eigenvalue weighted by Gasteiger charge is 2.60. The molecule has 1 aromatic heterocycles. The molecule has 3 atom stereocenters. The van der Waals surface area contributed by atoms with Gasteiger partial charge in [0.05, 0.1) is 22.4 Å². The number of hydrogen-bond acceptors (Lipinski definition) is 4. The lowest BCUT2D eigenvalue weighted by Gasteiger charge is -2.48. The molecule has 2 aliphatic rings. The molecular formula is C22H23Cl2F2N3O3S. The molecule has 1 saturated carbocycles. The lowest BCUT2D eigenvalue weighted by molar-refractivity contribution is 0.0387. The molecule has 2 heterocycles. The number of nitrogens with zero attached hydrogens (tertiary/aromatic N) is 2. The molecule has 2 fully saturated rings. The van der Waals surface area contributed by atoms with Gasteiger partial charge in [-0.15, -0.1) is 11.6 Å². The van der Waals surface area contributed by atoms with Crippen LogP contribution in [0, 0.1) is 11.7 Å². The van der Waals surface area contributed by atoms with E-state index in [4.69, 9.17) is 23.2 Å². The van der Waals surface area contributed by atoms with Crippen molar-refractivity contribution in [2.75, 3.05) is 12.3 Å². The predicted molar refractivity (Wildman–Crippen MR) is 122 cm³/mol. The summed E-state index contributed by atoms with van der Waals surface area (Å²) in [5.74, 6) is -1.57. The average Bonchev–Trinajstić information content (AvgIpc) is 3.57.